The average molecular weight is 657 g/mol. The molecule has 1 aromatic carbocycles. The van der Waals surface area contributed by atoms with Gasteiger partial charge < -0.3 is 9.29 Å². The van der Waals surface area contributed by atoms with E-state index < -0.39 is 34.4 Å². The largest absolute Gasteiger partial charge is 0.748 e. The van der Waals surface area contributed by atoms with E-state index in [4.69, 9.17) is 0 Å². The van der Waals surface area contributed by atoms with Crippen LogP contribution in [0.2, 0.25) is 0 Å². The van der Waals surface area contributed by atoms with Crippen molar-refractivity contribution in [1.82, 2.24) is 0 Å². The maximum Gasteiger partial charge on any atom is 0.339 e. The first-order chi connectivity index (χ1) is 9.41. The first-order valence-corrected chi connectivity index (χ1v) is 9.86. The van der Waals surface area contributed by atoms with Crippen molar-refractivity contribution in [1.29, 1.82) is 0 Å². The van der Waals surface area contributed by atoms with Crippen molar-refractivity contribution < 1.29 is 31.3 Å². The summed E-state index contributed by atoms with van der Waals surface area (Å²) in [7, 11) is -5.11. The van der Waals surface area contributed by atoms with Crippen LogP contribution in [0, 0.1) is 10.7 Å². The van der Waals surface area contributed by atoms with Gasteiger partial charge in [0.2, 0.25) is 0 Å². The zero-order chi connectivity index (χ0) is 16.4. The zero-order valence-electron chi connectivity index (χ0n) is 9.91. The first kappa shape index (κ1) is 19.7. The third kappa shape index (κ3) is 6.74. The lowest BCUT2D eigenvalue weighted by Gasteiger charge is -2.18. The molecule has 0 radical (unpaired) electrons. The summed E-state index contributed by atoms with van der Waals surface area (Å²) in [5, 5.41) is 0. The van der Waals surface area contributed by atoms with E-state index >= 15 is 0 Å². The summed E-state index contributed by atoms with van der Waals surface area (Å²) in [5.74, 6) is -6.83. The summed E-state index contributed by atoms with van der Waals surface area (Å²) in [4.78, 5) is 11.8. The lowest BCUT2D eigenvalue weighted by molar-refractivity contribution is -0.0450. The topological polar surface area (TPSA) is 83.5 Å². The Labute approximate surface area is 160 Å². The maximum atomic E-state index is 13.2. The van der Waals surface area contributed by atoms with Gasteiger partial charge >= 0.3 is 5.97 Å². The van der Waals surface area contributed by atoms with Gasteiger partial charge in [0.15, 0.2) is 6.61 Å². The van der Waals surface area contributed by atoms with Gasteiger partial charge in [-0.25, -0.2) is 22.0 Å². The minimum atomic E-state index is -5.11. The molecule has 0 saturated heterocycles. The molecule has 0 heterocycles. The molecule has 0 fully saturated rings. The van der Waals surface area contributed by atoms with E-state index in [9.17, 15) is 26.5 Å². The van der Waals surface area contributed by atoms with Crippen LogP contribution in [-0.2, 0) is 14.9 Å². The summed E-state index contributed by atoms with van der Waals surface area (Å²) in [6, 6.07) is 3.26. The number of alkyl halides is 2. The lowest BCUT2D eigenvalue weighted by Crippen LogP contribution is -2.34. The van der Waals surface area contributed by atoms with Gasteiger partial charge in [-0.05, 0) is 79.9 Å². The third-order valence-electron chi connectivity index (χ3n) is 2.02. The molecular weight excluding hydrogens is 651 g/mol. The molecule has 1 rings (SSSR count). The minimum Gasteiger partial charge on any atom is -0.748 e. The molecule has 0 saturated carbocycles. The van der Waals surface area contributed by atoms with Gasteiger partial charge in [0.05, 0.1) is 5.56 Å². The van der Waals surface area contributed by atoms with Crippen molar-refractivity contribution in [2.75, 3.05) is 12.4 Å². The molecule has 21 heavy (non-hydrogen) atoms. The zero-order valence-corrected chi connectivity index (χ0v) is 17.2. The van der Waals surface area contributed by atoms with Crippen molar-refractivity contribution in [3.63, 3.8) is 0 Å². The Kier molecular flexibility index (Phi) is 7.02. The van der Waals surface area contributed by atoms with Crippen LogP contribution in [0.15, 0.2) is 12.1 Å². The highest BCUT2D eigenvalue weighted by Gasteiger charge is 2.34. The number of rotatable bonds is 5. The van der Waals surface area contributed by atoms with Crippen molar-refractivity contribution >= 4 is 83.9 Å². The van der Waals surface area contributed by atoms with Gasteiger partial charge in [-0.2, -0.15) is 0 Å². The fraction of sp³-hybridized carbons (Fsp3) is 0.300. The van der Waals surface area contributed by atoms with Crippen LogP contribution in [0.5, 0.6) is 0 Å². The van der Waals surface area contributed by atoms with E-state index in [1.165, 1.54) is 6.07 Å². The van der Waals surface area contributed by atoms with Crippen LogP contribution in [0.1, 0.15) is 10.4 Å². The molecule has 0 spiro atoms. The number of halogens is 5. The van der Waals surface area contributed by atoms with Gasteiger partial charge in [-0.3, -0.25) is 0 Å². The van der Waals surface area contributed by atoms with Crippen molar-refractivity contribution in [2.45, 2.75) is 5.92 Å². The van der Waals surface area contributed by atoms with Gasteiger partial charge in [0.1, 0.15) is 15.9 Å². The summed E-state index contributed by atoms with van der Waals surface area (Å²) >= 11 is 5.82. The quantitative estimate of drug-likeness (QED) is 0.211. The number of hydrogen-bond acceptors (Lipinski definition) is 5. The molecule has 0 unspecified atom stereocenters. The van der Waals surface area contributed by atoms with Gasteiger partial charge in [-0.15, -0.1) is 0 Å². The van der Waals surface area contributed by atoms with Crippen molar-refractivity contribution in [3.8, 4) is 0 Å². The predicted molar refractivity (Wildman–Crippen MR) is 94.4 cm³/mol. The number of benzene rings is 1. The molecular formula is C10H6F2I3O5S-. The monoisotopic (exact) mass is 657 g/mol. The lowest BCUT2D eigenvalue weighted by atomic mass is 10.2. The van der Waals surface area contributed by atoms with Gasteiger partial charge in [-0.1, -0.05) is 0 Å². The Bertz CT molecular complexity index is 663. The number of carbonyl (C=O) groups is 1. The minimum absolute atomic E-state index is 0.104. The molecule has 0 atom stereocenters. The van der Waals surface area contributed by atoms with E-state index in [0.29, 0.717) is 3.57 Å². The van der Waals surface area contributed by atoms with Crippen LogP contribution in [0.25, 0.3) is 0 Å². The fourth-order valence-corrected chi connectivity index (χ4v) is 4.23. The highest BCUT2D eigenvalue weighted by molar-refractivity contribution is 14.1. The van der Waals surface area contributed by atoms with E-state index in [2.05, 4.69) is 4.74 Å². The Morgan fingerprint density at radius 1 is 1.29 bits per heavy atom. The van der Waals surface area contributed by atoms with E-state index in [1.807, 2.05) is 67.8 Å². The van der Waals surface area contributed by atoms with Crippen molar-refractivity contribution in [3.05, 3.63) is 28.4 Å². The van der Waals surface area contributed by atoms with Crippen molar-refractivity contribution in [2.24, 2.45) is 0 Å². The molecule has 0 bridgehead atoms. The summed E-state index contributed by atoms with van der Waals surface area (Å²) in [5.41, 5.74) is 0.104. The predicted octanol–water partition coefficient (Wildman–Crippen LogP) is 2.84. The molecule has 0 amide bonds. The van der Waals surface area contributed by atoms with E-state index in [-0.39, 0.29) is 5.56 Å². The van der Waals surface area contributed by atoms with Crippen LogP contribution >= 0.6 is 67.8 Å². The second-order valence-corrected chi connectivity index (χ2v) is 8.77. The molecule has 0 N–H and O–H groups in total. The number of ether oxygens (including phenoxy) is 1. The standard InChI is InChI=1S/C10H7F2I3O5S/c11-10(12,4-21(17,18)19)3-20-9(16)6-1-5(13)2-7(14)8(6)15/h1-2H,3-4H2,(H,17,18,19)/p-1. The number of esters is 1. The molecule has 118 valence electrons. The highest BCUT2D eigenvalue weighted by Crippen LogP contribution is 2.24. The van der Waals surface area contributed by atoms with Gasteiger partial charge in [0.25, 0.3) is 5.92 Å². The molecule has 1 aromatic rings. The second kappa shape index (κ2) is 7.48. The molecule has 0 aliphatic heterocycles. The third-order valence-corrected chi connectivity index (χ3v) is 6.46. The summed E-state index contributed by atoms with van der Waals surface area (Å²) in [6.07, 6.45) is 0. The molecule has 5 nitrogen and oxygen atoms in total. The smallest absolute Gasteiger partial charge is 0.339 e. The van der Waals surface area contributed by atoms with Crippen LogP contribution in [0.4, 0.5) is 8.78 Å². The summed E-state index contributed by atoms with van der Waals surface area (Å²) < 4.78 is 63.8. The number of hydrogen-bond donors (Lipinski definition) is 0. The Hall–Kier alpha value is 0.650. The SMILES string of the molecule is O=C(OCC(F)(F)CS(=O)(=O)[O-])c1cc(I)cc(I)c1I. The summed E-state index contributed by atoms with van der Waals surface area (Å²) in [6.45, 7) is -1.47. The normalized spacial score (nSPS) is 12.3. The van der Waals surface area contributed by atoms with Crippen LogP contribution in [0.3, 0.4) is 0 Å². The Morgan fingerprint density at radius 3 is 2.38 bits per heavy atom. The first-order valence-electron chi connectivity index (χ1n) is 5.04. The molecule has 0 aliphatic carbocycles. The van der Waals surface area contributed by atoms with E-state index in [0.717, 1.165) is 7.14 Å². The Balaban J connectivity index is 2.84. The fourth-order valence-electron chi connectivity index (χ4n) is 1.25. The van der Waals surface area contributed by atoms with Crippen LogP contribution in [-0.4, -0.2) is 37.2 Å². The Morgan fingerprint density at radius 2 is 1.86 bits per heavy atom. The number of carbonyl (C=O) groups excluding carboxylic acids is 1. The average Bonchev–Trinajstić information content (AvgIpc) is 2.27. The van der Waals surface area contributed by atoms with Gasteiger partial charge in [0, 0.05) is 10.7 Å². The molecule has 11 heteroatoms. The van der Waals surface area contributed by atoms with Crippen LogP contribution < -0.4 is 0 Å². The molecule has 0 aromatic heterocycles. The molecule has 0 aliphatic rings. The highest BCUT2D eigenvalue weighted by atomic mass is 127. The second-order valence-electron chi connectivity index (χ2n) is 3.88. The van der Waals surface area contributed by atoms with E-state index in [1.54, 1.807) is 6.07 Å². The maximum absolute atomic E-state index is 13.2.